The summed E-state index contributed by atoms with van der Waals surface area (Å²) in [6.45, 7) is 4.48. The molecule has 1 aromatic carbocycles. The molecule has 0 aliphatic heterocycles. The SMILES string of the molecule is CCCC1CCC(/C=C/c2ccc(C3CCC(C4CCC(CC)CC4)CC3)c(F)c2C(F)(F)F)CC1. The molecule has 3 fully saturated rings. The summed E-state index contributed by atoms with van der Waals surface area (Å²) in [6, 6.07) is 3.18. The highest BCUT2D eigenvalue weighted by atomic mass is 19.4. The van der Waals surface area contributed by atoms with Crippen LogP contribution < -0.4 is 0 Å². The largest absolute Gasteiger partial charge is 0.419 e. The molecule has 4 heteroatoms. The van der Waals surface area contributed by atoms with Gasteiger partial charge in [0.25, 0.3) is 0 Å². The highest BCUT2D eigenvalue weighted by molar-refractivity contribution is 5.57. The predicted octanol–water partition coefficient (Wildman–Crippen LogP) is 11.0. The second-order valence-electron chi connectivity index (χ2n) is 12.2. The molecule has 0 spiro atoms. The predicted molar refractivity (Wildman–Crippen MR) is 141 cm³/mol. The van der Waals surface area contributed by atoms with Crippen molar-refractivity contribution >= 4 is 6.08 Å². The van der Waals surface area contributed by atoms with Crippen LogP contribution in [0.4, 0.5) is 17.6 Å². The molecule has 3 saturated carbocycles. The van der Waals surface area contributed by atoms with E-state index in [0.717, 1.165) is 69.1 Å². The van der Waals surface area contributed by atoms with Gasteiger partial charge in [0.1, 0.15) is 5.82 Å². The highest BCUT2D eigenvalue weighted by Gasteiger charge is 2.39. The molecule has 1 aromatic rings. The van der Waals surface area contributed by atoms with Crippen molar-refractivity contribution in [2.45, 2.75) is 122 Å². The van der Waals surface area contributed by atoms with Gasteiger partial charge in [-0.05, 0) is 111 Å². The first kappa shape index (κ1) is 27.7. The fourth-order valence-corrected chi connectivity index (χ4v) is 7.64. The van der Waals surface area contributed by atoms with Gasteiger partial charge < -0.3 is 0 Å². The lowest BCUT2D eigenvalue weighted by molar-refractivity contribution is -0.140. The van der Waals surface area contributed by atoms with Gasteiger partial charge >= 0.3 is 6.18 Å². The Morgan fingerprint density at radius 3 is 1.92 bits per heavy atom. The maximum Gasteiger partial charge on any atom is 0.419 e. The van der Waals surface area contributed by atoms with E-state index in [1.54, 1.807) is 12.1 Å². The van der Waals surface area contributed by atoms with Crippen LogP contribution in [0.3, 0.4) is 0 Å². The molecule has 0 bridgehead atoms. The zero-order valence-electron chi connectivity index (χ0n) is 22.4. The highest BCUT2D eigenvalue weighted by Crippen LogP contribution is 2.46. The van der Waals surface area contributed by atoms with E-state index in [0.29, 0.717) is 11.8 Å². The Balaban J connectivity index is 1.42. The maximum absolute atomic E-state index is 15.5. The minimum atomic E-state index is -4.69. The second-order valence-corrected chi connectivity index (χ2v) is 12.2. The van der Waals surface area contributed by atoms with E-state index >= 15 is 4.39 Å². The van der Waals surface area contributed by atoms with E-state index in [-0.39, 0.29) is 17.0 Å². The molecule has 202 valence electrons. The Morgan fingerprint density at radius 1 is 0.778 bits per heavy atom. The number of alkyl halides is 3. The fraction of sp³-hybridized carbons (Fsp3) is 0.750. The van der Waals surface area contributed by atoms with Crippen molar-refractivity contribution in [2.75, 3.05) is 0 Å². The summed E-state index contributed by atoms with van der Waals surface area (Å²) in [5.74, 6) is 2.22. The molecule has 0 radical (unpaired) electrons. The third-order valence-corrected chi connectivity index (χ3v) is 9.97. The maximum atomic E-state index is 15.5. The van der Waals surface area contributed by atoms with Gasteiger partial charge in [-0.3, -0.25) is 0 Å². The molecule has 0 unspecified atom stereocenters. The Bertz CT molecular complexity index is 846. The molecule has 36 heavy (non-hydrogen) atoms. The van der Waals surface area contributed by atoms with Crippen LogP contribution in [0.2, 0.25) is 0 Å². The van der Waals surface area contributed by atoms with Gasteiger partial charge in [-0.2, -0.15) is 13.2 Å². The van der Waals surface area contributed by atoms with E-state index < -0.39 is 17.6 Å². The van der Waals surface area contributed by atoms with Crippen LogP contribution in [0.25, 0.3) is 6.08 Å². The van der Waals surface area contributed by atoms with E-state index in [9.17, 15) is 13.2 Å². The molecule has 0 saturated heterocycles. The van der Waals surface area contributed by atoms with Crippen LogP contribution >= 0.6 is 0 Å². The Hall–Kier alpha value is -1.32. The molecule has 3 aliphatic rings. The van der Waals surface area contributed by atoms with Crippen molar-refractivity contribution in [1.29, 1.82) is 0 Å². The molecule has 0 atom stereocenters. The van der Waals surface area contributed by atoms with Crippen LogP contribution in [-0.4, -0.2) is 0 Å². The van der Waals surface area contributed by atoms with Crippen molar-refractivity contribution in [1.82, 2.24) is 0 Å². The summed E-state index contributed by atoms with van der Waals surface area (Å²) in [5.41, 5.74) is -0.788. The van der Waals surface area contributed by atoms with Gasteiger partial charge in [0.2, 0.25) is 0 Å². The third kappa shape index (κ3) is 6.76. The minimum Gasteiger partial charge on any atom is -0.206 e. The summed E-state index contributed by atoms with van der Waals surface area (Å²) >= 11 is 0. The lowest BCUT2D eigenvalue weighted by Gasteiger charge is -2.38. The Morgan fingerprint density at radius 2 is 1.36 bits per heavy atom. The number of hydrogen-bond acceptors (Lipinski definition) is 0. The molecule has 4 rings (SSSR count). The van der Waals surface area contributed by atoms with Gasteiger partial charge in [0.15, 0.2) is 0 Å². The molecular weight excluding hydrogens is 460 g/mol. The number of rotatable bonds is 7. The van der Waals surface area contributed by atoms with Gasteiger partial charge in [-0.1, -0.05) is 70.2 Å². The number of allylic oxidation sites excluding steroid dienone is 1. The van der Waals surface area contributed by atoms with Gasteiger partial charge in [-0.25, -0.2) is 4.39 Å². The monoisotopic (exact) mass is 506 g/mol. The third-order valence-electron chi connectivity index (χ3n) is 9.97. The molecule has 3 aliphatic carbocycles. The first-order valence-corrected chi connectivity index (χ1v) is 14.9. The van der Waals surface area contributed by atoms with Crippen molar-refractivity contribution in [3.63, 3.8) is 0 Å². The quantitative estimate of drug-likeness (QED) is 0.323. The topological polar surface area (TPSA) is 0 Å². The van der Waals surface area contributed by atoms with Crippen LogP contribution in [0.5, 0.6) is 0 Å². The molecular formula is C32H46F4. The summed E-state index contributed by atoms with van der Waals surface area (Å²) < 4.78 is 57.6. The van der Waals surface area contributed by atoms with E-state index in [2.05, 4.69) is 13.8 Å². The van der Waals surface area contributed by atoms with E-state index in [1.807, 2.05) is 6.08 Å². The summed E-state index contributed by atoms with van der Waals surface area (Å²) in [7, 11) is 0. The first-order chi connectivity index (χ1) is 17.3. The van der Waals surface area contributed by atoms with Crippen LogP contribution in [0, 0.1) is 35.4 Å². The van der Waals surface area contributed by atoms with Crippen molar-refractivity contribution in [3.05, 3.63) is 40.7 Å². The van der Waals surface area contributed by atoms with Crippen molar-refractivity contribution < 1.29 is 17.6 Å². The fourth-order valence-electron chi connectivity index (χ4n) is 7.64. The van der Waals surface area contributed by atoms with E-state index in [4.69, 9.17) is 0 Å². The normalized spacial score (nSPS) is 32.2. The molecule has 0 nitrogen and oxygen atoms in total. The lowest BCUT2D eigenvalue weighted by Crippen LogP contribution is -2.25. The van der Waals surface area contributed by atoms with Crippen LogP contribution in [0.15, 0.2) is 18.2 Å². The van der Waals surface area contributed by atoms with Gasteiger partial charge in [0, 0.05) is 0 Å². The number of halogens is 4. The standard InChI is InChI=1S/C32H46F4/c1-3-5-23-6-8-24(9-7-23)12-15-28-20-21-29(31(33)30(28)32(34,35)36)27-18-16-26(17-19-27)25-13-10-22(4-2)11-14-25/h12,15,20-27H,3-11,13-14,16-19H2,1-2H3/b15-12+. The molecule has 0 amide bonds. The van der Waals surface area contributed by atoms with Gasteiger partial charge in [-0.15, -0.1) is 0 Å². The molecule has 0 aromatic heterocycles. The van der Waals surface area contributed by atoms with Gasteiger partial charge in [0.05, 0.1) is 5.56 Å². The Labute approximate surface area is 216 Å². The van der Waals surface area contributed by atoms with Crippen LogP contribution in [-0.2, 0) is 6.18 Å². The summed E-state index contributed by atoms with van der Waals surface area (Å²) in [5, 5.41) is 0. The zero-order valence-corrected chi connectivity index (χ0v) is 22.4. The molecule has 0 N–H and O–H groups in total. The average molecular weight is 507 g/mol. The first-order valence-electron chi connectivity index (χ1n) is 14.9. The summed E-state index contributed by atoms with van der Waals surface area (Å²) in [6.07, 6.45) is 15.7. The average Bonchev–Trinajstić information content (AvgIpc) is 2.88. The summed E-state index contributed by atoms with van der Waals surface area (Å²) in [4.78, 5) is 0. The Kier molecular flexibility index (Phi) is 9.61. The van der Waals surface area contributed by atoms with Crippen molar-refractivity contribution in [2.24, 2.45) is 29.6 Å². The number of benzene rings is 1. The zero-order chi connectivity index (χ0) is 25.7. The smallest absolute Gasteiger partial charge is 0.206 e. The second kappa shape index (κ2) is 12.5. The lowest BCUT2D eigenvalue weighted by atomic mass is 9.68. The van der Waals surface area contributed by atoms with Crippen molar-refractivity contribution in [3.8, 4) is 0 Å². The van der Waals surface area contributed by atoms with Crippen LogP contribution in [0.1, 0.15) is 133 Å². The minimum absolute atomic E-state index is 0.0131. The molecule has 0 heterocycles. The number of hydrogen-bond donors (Lipinski definition) is 0. The van der Waals surface area contributed by atoms with E-state index in [1.165, 1.54) is 51.0 Å².